The predicted molar refractivity (Wildman–Crippen MR) is 110 cm³/mol. The van der Waals surface area contributed by atoms with Gasteiger partial charge in [-0.1, -0.05) is 30.7 Å². The average molecular weight is 423 g/mol. The third kappa shape index (κ3) is 4.42. The molecular formula is C20H20ClFN2O3S. The van der Waals surface area contributed by atoms with Crippen LogP contribution in [0.2, 0.25) is 5.02 Å². The molecule has 2 aromatic carbocycles. The number of anilines is 1. The zero-order valence-corrected chi connectivity index (χ0v) is 16.9. The van der Waals surface area contributed by atoms with Crippen molar-refractivity contribution in [2.24, 2.45) is 4.99 Å². The van der Waals surface area contributed by atoms with Crippen molar-refractivity contribution >= 4 is 38.7 Å². The number of aliphatic imine (C=N–C) groups is 1. The lowest BCUT2D eigenvalue weighted by Crippen LogP contribution is -2.34. The maximum Gasteiger partial charge on any atom is 0.248 e. The van der Waals surface area contributed by atoms with Crippen molar-refractivity contribution in [2.75, 3.05) is 29.5 Å². The normalized spacial score (nSPS) is 14.5. The monoisotopic (exact) mass is 422 g/mol. The van der Waals surface area contributed by atoms with Crippen LogP contribution < -0.4 is 4.90 Å². The van der Waals surface area contributed by atoms with Crippen LogP contribution in [0.15, 0.2) is 47.5 Å². The number of hydrogen-bond donors (Lipinski definition) is 0. The number of benzodiazepines with no additional fused rings is 1. The summed E-state index contributed by atoms with van der Waals surface area (Å²) in [5.41, 5.74) is 1.73. The van der Waals surface area contributed by atoms with E-state index in [1.54, 1.807) is 43.3 Å². The molecular weight excluding hydrogens is 403 g/mol. The van der Waals surface area contributed by atoms with Crippen molar-refractivity contribution in [1.82, 2.24) is 0 Å². The Morgan fingerprint density at radius 1 is 1.18 bits per heavy atom. The summed E-state index contributed by atoms with van der Waals surface area (Å²) < 4.78 is 37.9. The van der Waals surface area contributed by atoms with Crippen LogP contribution in [0.1, 0.15) is 24.5 Å². The summed E-state index contributed by atoms with van der Waals surface area (Å²) >= 11 is 6.16. The number of benzene rings is 2. The fraction of sp³-hybridized carbons (Fsp3) is 0.300. The van der Waals surface area contributed by atoms with Crippen LogP contribution in [-0.4, -0.2) is 44.6 Å². The first kappa shape index (κ1) is 20.5. The number of halogens is 2. The summed E-state index contributed by atoms with van der Waals surface area (Å²) in [7, 11) is -3.13. The number of sulfone groups is 1. The molecule has 8 heteroatoms. The van der Waals surface area contributed by atoms with E-state index in [1.165, 1.54) is 11.0 Å². The molecule has 3 rings (SSSR count). The third-order valence-corrected chi connectivity index (χ3v) is 6.61. The van der Waals surface area contributed by atoms with Gasteiger partial charge in [0.15, 0.2) is 0 Å². The van der Waals surface area contributed by atoms with E-state index in [-0.39, 0.29) is 36.1 Å². The van der Waals surface area contributed by atoms with Gasteiger partial charge in [0.05, 0.1) is 17.2 Å². The van der Waals surface area contributed by atoms with Gasteiger partial charge in [-0.15, -0.1) is 0 Å². The Morgan fingerprint density at radius 3 is 2.64 bits per heavy atom. The molecule has 1 aliphatic heterocycles. The quantitative estimate of drug-likeness (QED) is 0.715. The number of nitrogens with zero attached hydrogens (tertiary/aromatic N) is 2. The maximum absolute atomic E-state index is 14.4. The summed E-state index contributed by atoms with van der Waals surface area (Å²) in [5.74, 6) is -0.656. The van der Waals surface area contributed by atoms with Crippen molar-refractivity contribution in [3.63, 3.8) is 0 Å². The largest absolute Gasteiger partial charge is 0.310 e. The van der Waals surface area contributed by atoms with Crippen molar-refractivity contribution in [3.8, 4) is 0 Å². The van der Waals surface area contributed by atoms with Gasteiger partial charge in [-0.3, -0.25) is 9.79 Å². The second-order valence-corrected chi connectivity index (χ2v) is 9.35. The zero-order chi connectivity index (χ0) is 20.3. The summed E-state index contributed by atoms with van der Waals surface area (Å²) in [4.78, 5) is 18.5. The highest BCUT2D eigenvalue weighted by molar-refractivity contribution is 7.91. The van der Waals surface area contributed by atoms with Gasteiger partial charge in [-0.25, -0.2) is 12.8 Å². The number of amides is 1. The summed E-state index contributed by atoms with van der Waals surface area (Å²) in [5, 5.41) is 0.436. The highest BCUT2D eigenvalue weighted by atomic mass is 35.5. The first-order valence-corrected chi connectivity index (χ1v) is 11.1. The molecule has 0 saturated carbocycles. The van der Waals surface area contributed by atoms with E-state index in [0.29, 0.717) is 28.4 Å². The second kappa shape index (κ2) is 8.41. The molecule has 0 N–H and O–H groups in total. The van der Waals surface area contributed by atoms with Gasteiger partial charge in [0, 0.05) is 28.4 Å². The Bertz CT molecular complexity index is 1040. The minimum atomic E-state index is -3.13. The average Bonchev–Trinajstić information content (AvgIpc) is 2.79. The van der Waals surface area contributed by atoms with Crippen LogP contribution in [0.5, 0.6) is 0 Å². The fourth-order valence-electron chi connectivity index (χ4n) is 3.10. The topological polar surface area (TPSA) is 66.8 Å². The van der Waals surface area contributed by atoms with Crippen molar-refractivity contribution in [1.29, 1.82) is 0 Å². The Balaban J connectivity index is 2.00. The van der Waals surface area contributed by atoms with Gasteiger partial charge >= 0.3 is 0 Å². The number of carbonyl (C=O) groups excluding carboxylic acids is 1. The Labute approximate surface area is 168 Å². The molecule has 0 unspecified atom stereocenters. The second-order valence-electron chi connectivity index (χ2n) is 6.44. The molecule has 1 heterocycles. The van der Waals surface area contributed by atoms with Crippen molar-refractivity contribution < 1.29 is 17.6 Å². The van der Waals surface area contributed by atoms with E-state index in [4.69, 9.17) is 11.6 Å². The first-order valence-electron chi connectivity index (χ1n) is 8.92. The predicted octanol–water partition coefficient (Wildman–Crippen LogP) is 3.49. The molecule has 0 spiro atoms. The number of carbonyl (C=O) groups is 1. The molecule has 148 valence electrons. The molecule has 1 amide bonds. The lowest BCUT2D eigenvalue weighted by molar-refractivity contribution is -0.117. The molecule has 0 atom stereocenters. The molecule has 0 fully saturated rings. The number of hydrogen-bond acceptors (Lipinski definition) is 4. The van der Waals surface area contributed by atoms with E-state index in [0.717, 1.165) is 0 Å². The van der Waals surface area contributed by atoms with Crippen molar-refractivity contribution in [2.45, 2.75) is 13.3 Å². The van der Waals surface area contributed by atoms with E-state index >= 15 is 0 Å². The Morgan fingerprint density at radius 2 is 1.93 bits per heavy atom. The van der Waals surface area contributed by atoms with E-state index in [9.17, 15) is 17.6 Å². The minimum Gasteiger partial charge on any atom is -0.310 e. The molecule has 0 aliphatic carbocycles. The van der Waals surface area contributed by atoms with Gasteiger partial charge in [-0.2, -0.15) is 0 Å². The smallest absolute Gasteiger partial charge is 0.248 e. The van der Waals surface area contributed by atoms with Crippen LogP contribution >= 0.6 is 11.6 Å². The van der Waals surface area contributed by atoms with Crippen LogP contribution in [-0.2, 0) is 14.6 Å². The van der Waals surface area contributed by atoms with Gasteiger partial charge < -0.3 is 4.90 Å². The van der Waals surface area contributed by atoms with Gasteiger partial charge in [0.1, 0.15) is 22.2 Å². The molecule has 0 radical (unpaired) electrons. The highest BCUT2D eigenvalue weighted by Gasteiger charge is 2.26. The van der Waals surface area contributed by atoms with Gasteiger partial charge in [0.2, 0.25) is 5.91 Å². The fourth-order valence-corrected chi connectivity index (χ4v) is 4.13. The summed E-state index contributed by atoms with van der Waals surface area (Å²) in [6, 6.07) is 11.2. The standard InChI is InChI=1S/C20H20ClFN2O3S/c1-2-28(26,27)11-5-10-24-18-9-8-14(21)12-16(18)20(23-13-19(24)25)15-6-3-4-7-17(15)22/h3-4,6-9,12H,2,5,10-11,13H2,1H3. The highest BCUT2D eigenvalue weighted by Crippen LogP contribution is 2.30. The Kier molecular flexibility index (Phi) is 6.15. The summed E-state index contributed by atoms with van der Waals surface area (Å²) in [6.07, 6.45) is 0.305. The molecule has 0 aromatic heterocycles. The van der Waals surface area contributed by atoms with Crippen LogP contribution in [0.4, 0.5) is 10.1 Å². The van der Waals surface area contributed by atoms with E-state index < -0.39 is 15.7 Å². The van der Waals surface area contributed by atoms with Crippen LogP contribution in [0.3, 0.4) is 0 Å². The molecule has 5 nitrogen and oxygen atoms in total. The lowest BCUT2D eigenvalue weighted by atomic mass is 9.99. The summed E-state index contributed by atoms with van der Waals surface area (Å²) in [6.45, 7) is 1.67. The van der Waals surface area contributed by atoms with E-state index in [1.807, 2.05) is 0 Å². The lowest BCUT2D eigenvalue weighted by Gasteiger charge is -2.23. The van der Waals surface area contributed by atoms with Gasteiger partial charge in [0.25, 0.3) is 0 Å². The van der Waals surface area contributed by atoms with Gasteiger partial charge in [-0.05, 0) is 36.8 Å². The molecule has 0 saturated heterocycles. The zero-order valence-electron chi connectivity index (χ0n) is 15.4. The van der Waals surface area contributed by atoms with E-state index in [2.05, 4.69) is 4.99 Å². The molecule has 1 aliphatic rings. The van der Waals surface area contributed by atoms with Crippen LogP contribution in [0, 0.1) is 5.82 Å². The minimum absolute atomic E-state index is 0.00275. The van der Waals surface area contributed by atoms with Crippen LogP contribution in [0.25, 0.3) is 0 Å². The SMILES string of the molecule is CCS(=O)(=O)CCCN1C(=O)CN=C(c2ccccc2F)c2cc(Cl)ccc21. The molecule has 0 bridgehead atoms. The first-order chi connectivity index (χ1) is 13.3. The third-order valence-electron chi connectivity index (χ3n) is 4.58. The molecule has 2 aromatic rings. The number of fused-ring (bicyclic) bond motifs is 1. The van der Waals surface area contributed by atoms with Crippen molar-refractivity contribution in [3.05, 3.63) is 64.4 Å². The molecule has 28 heavy (non-hydrogen) atoms. The Hall–Kier alpha value is -2.25. The maximum atomic E-state index is 14.4. The number of rotatable bonds is 6.